The zero-order valence-electron chi connectivity index (χ0n) is 15.8. The van der Waals surface area contributed by atoms with Crippen molar-refractivity contribution in [1.82, 2.24) is 9.88 Å². The lowest BCUT2D eigenvalue weighted by molar-refractivity contribution is -0.125. The lowest BCUT2D eigenvalue weighted by Gasteiger charge is -2.25. The summed E-state index contributed by atoms with van der Waals surface area (Å²) in [7, 11) is 0. The number of hydrogen-bond acceptors (Lipinski definition) is 6. The Labute approximate surface area is 173 Å². The highest BCUT2D eigenvalue weighted by Crippen LogP contribution is 2.32. The first-order valence-electron chi connectivity index (χ1n) is 9.69. The first-order chi connectivity index (χ1) is 14.2. The van der Waals surface area contributed by atoms with Gasteiger partial charge in [0.2, 0.25) is 6.10 Å². The molecule has 1 amide bonds. The standard InChI is InChI=1S/C22H21N3O3S/c26-21(19-14-27-17-8-4-5-9-18(17)28-19)24-22-23-16-10-11-25(13-20(16)29-22)12-15-6-2-1-3-7-15/h1-9,19H,10-14H2,(H,23,24,26). The molecule has 2 aliphatic rings. The van der Waals surface area contributed by atoms with Crippen molar-refractivity contribution in [1.29, 1.82) is 0 Å². The summed E-state index contributed by atoms with van der Waals surface area (Å²) in [5, 5.41) is 3.54. The summed E-state index contributed by atoms with van der Waals surface area (Å²) in [4.78, 5) is 20.9. The highest BCUT2D eigenvalue weighted by atomic mass is 32.1. The van der Waals surface area contributed by atoms with Crippen LogP contribution in [0.4, 0.5) is 5.13 Å². The number of para-hydroxylation sites is 2. The van der Waals surface area contributed by atoms with Gasteiger partial charge in [0.25, 0.3) is 5.91 Å². The third-order valence-electron chi connectivity index (χ3n) is 5.09. The van der Waals surface area contributed by atoms with Crippen molar-refractivity contribution in [2.45, 2.75) is 25.6 Å². The van der Waals surface area contributed by atoms with Crippen LogP contribution in [0.25, 0.3) is 0 Å². The summed E-state index contributed by atoms with van der Waals surface area (Å²) in [5.74, 6) is 1.03. The number of rotatable bonds is 4. The molecule has 0 saturated heterocycles. The van der Waals surface area contributed by atoms with Gasteiger partial charge >= 0.3 is 0 Å². The number of carbonyl (C=O) groups is 1. The van der Waals surface area contributed by atoms with Gasteiger partial charge in [-0.2, -0.15) is 0 Å². The van der Waals surface area contributed by atoms with Gasteiger partial charge in [-0.05, 0) is 17.7 Å². The van der Waals surface area contributed by atoms with E-state index < -0.39 is 6.10 Å². The third-order valence-corrected chi connectivity index (χ3v) is 6.09. The van der Waals surface area contributed by atoms with Gasteiger partial charge in [0, 0.05) is 30.9 Å². The average molecular weight is 407 g/mol. The van der Waals surface area contributed by atoms with Crippen LogP contribution in [0, 0.1) is 0 Å². The molecular weight excluding hydrogens is 386 g/mol. The number of anilines is 1. The highest BCUT2D eigenvalue weighted by Gasteiger charge is 2.29. The van der Waals surface area contributed by atoms with Crippen molar-refractivity contribution >= 4 is 22.4 Å². The molecule has 148 valence electrons. The maximum absolute atomic E-state index is 12.6. The fourth-order valence-electron chi connectivity index (χ4n) is 3.61. The van der Waals surface area contributed by atoms with Crippen molar-refractivity contribution in [3.8, 4) is 11.5 Å². The first-order valence-corrected chi connectivity index (χ1v) is 10.5. The van der Waals surface area contributed by atoms with Gasteiger partial charge in [-0.15, -0.1) is 11.3 Å². The van der Waals surface area contributed by atoms with Crippen LogP contribution in [0.15, 0.2) is 54.6 Å². The molecule has 3 heterocycles. The number of hydrogen-bond donors (Lipinski definition) is 1. The molecular formula is C22H21N3O3S. The number of ether oxygens (including phenoxy) is 2. The fraction of sp³-hybridized carbons (Fsp3) is 0.273. The first kappa shape index (κ1) is 18.1. The Morgan fingerprint density at radius 2 is 1.93 bits per heavy atom. The van der Waals surface area contributed by atoms with Gasteiger partial charge < -0.3 is 9.47 Å². The lowest BCUT2D eigenvalue weighted by Crippen LogP contribution is -2.40. The second-order valence-corrected chi connectivity index (χ2v) is 8.27. The quantitative estimate of drug-likeness (QED) is 0.717. The van der Waals surface area contributed by atoms with E-state index in [0.717, 1.165) is 31.7 Å². The van der Waals surface area contributed by atoms with Crippen LogP contribution in [0.2, 0.25) is 0 Å². The largest absolute Gasteiger partial charge is 0.485 e. The Balaban J connectivity index is 1.22. The minimum atomic E-state index is -0.680. The lowest BCUT2D eigenvalue weighted by atomic mass is 10.1. The molecule has 5 rings (SSSR count). The minimum absolute atomic E-state index is 0.193. The Kier molecular flexibility index (Phi) is 4.91. The molecule has 0 fully saturated rings. The summed E-state index contributed by atoms with van der Waals surface area (Å²) in [6.07, 6.45) is 0.214. The molecule has 0 aliphatic carbocycles. The van der Waals surface area contributed by atoms with Crippen molar-refractivity contribution in [3.05, 3.63) is 70.7 Å². The number of thiazole rings is 1. The van der Waals surface area contributed by atoms with Crippen molar-refractivity contribution < 1.29 is 14.3 Å². The Hall–Kier alpha value is -2.90. The van der Waals surface area contributed by atoms with E-state index in [4.69, 9.17) is 9.47 Å². The van der Waals surface area contributed by atoms with E-state index in [-0.39, 0.29) is 12.5 Å². The predicted molar refractivity (Wildman–Crippen MR) is 111 cm³/mol. The maximum Gasteiger partial charge on any atom is 0.270 e. The number of carbonyl (C=O) groups excluding carboxylic acids is 1. The molecule has 0 radical (unpaired) electrons. The molecule has 0 spiro atoms. The van der Waals surface area contributed by atoms with E-state index in [1.807, 2.05) is 24.3 Å². The number of fused-ring (bicyclic) bond motifs is 2. The molecule has 7 heteroatoms. The summed E-state index contributed by atoms with van der Waals surface area (Å²) in [5.41, 5.74) is 2.39. The maximum atomic E-state index is 12.6. The van der Waals surface area contributed by atoms with Gasteiger partial charge in [0.05, 0.1) is 5.69 Å². The molecule has 0 bridgehead atoms. The van der Waals surface area contributed by atoms with Crippen LogP contribution >= 0.6 is 11.3 Å². The van der Waals surface area contributed by atoms with Gasteiger partial charge in [-0.3, -0.25) is 15.0 Å². The number of nitrogens with one attached hydrogen (secondary N) is 1. The Morgan fingerprint density at radius 3 is 2.79 bits per heavy atom. The van der Waals surface area contributed by atoms with Crippen LogP contribution in [-0.2, 0) is 24.3 Å². The molecule has 1 N–H and O–H groups in total. The van der Waals surface area contributed by atoms with Crippen LogP contribution in [0.1, 0.15) is 16.1 Å². The minimum Gasteiger partial charge on any atom is -0.485 e. The molecule has 6 nitrogen and oxygen atoms in total. The summed E-state index contributed by atoms with van der Waals surface area (Å²) in [6.45, 7) is 2.94. The average Bonchev–Trinajstić information content (AvgIpc) is 3.15. The van der Waals surface area contributed by atoms with Gasteiger partial charge in [0.15, 0.2) is 16.6 Å². The van der Waals surface area contributed by atoms with Gasteiger partial charge in [-0.25, -0.2) is 4.98 Å². The molecule has 2 aliphatic heterocycles. The number of aromatic nitrogens is 1. The van der Waals surface area contributed by atoms with E-state index in [1.54, 1.807) is 17.4 Å². The fourth-order valence-corrected chi connectivity index (χ4v) is 4.67. The topological polar surface area (TPSA) is 63.7 Å². The molecule has 2 aromatic carbocycles. The van der Waals surface area contributed by atoms with Crippen molar-refractivity contribution in [2.75, 3.05) is 18.5 Å². The third kappa shape index (κ3) is 3.97. The molecule has 0 saturated carbocycles. The van der Waals surface area contributed by atoms with Crippen LogP contribution in [0.5, 0.6) is 11.5 Å². The molecule has 1 atom stereocenters. The second kappa shape index (κ2) is 7.85. The zero-order valence-corrected chi connectivity index (χ0v) is 16.7. The van der Waals surface area contributed by atoms with E-state index >= 15 is 0 Å². The summed E-state index contributed by atoms with van der Waals surface area (Å²) in [6, 6.07) is 17.9. The zero-order chi connectivity index (χ0) is 19.6. The number of amides is 1. The Bertz CT molecular complexity index is 1020. The predicted octanol–water partition coefficient (Wildman–Crippen LogP) is 3.48. The Morgan fingerprint density at radius 1 is 1.14 bits per heavy atom. The van der Waals surface area contributed by atoms with E-state index in [1.165, 1.54) is 10.4 Å². The molecule has 3 aromatic rings. The second-order valence-electron chi connectivity index (χ2n) is 7.19. The smallest absolute Gasteiger partial charge is 0.270 e. The van der Waals surface area contributed by atoms with E-state index in [2.05, 4.69) is 39.5 Å². The number of benzene rings is 2. The monoisotopic (exact) mass is 407 g/mol. The molecule has 1 unspecified atom stereocenters. The number of nitrogens with zero attached hydrogens (tertiary/aromatic N) is 2. The van der Waals surface area contributed by atoms with Gasteiger partial charge in [0.1, 0.15) is 6.61 Å². The normalized spacial score (nSPS) is 18.1. The highest BCUT2D eigenvalue weighted by molar-refractivity contribution is 7.15. The van der Waals surface area contributed by atoms with Crippen molar-refractivity contribution in [2.24, 2.45) is 0 Å². The van der Waals surface area contributed by atoms with Crippen LogP contribution < -0.4 is 14.8 Å². The van der Waals surface area contributed by atoms with Crippen LogP contribution in [-0.4, -0.2) is 35.0 Å². The SMILES string of the molecule is O=C(Nc1nc2c(s1)CN(Cc1ccccc1)CC2)C1COc2ccccc2O1. The summed E-state index contributed by atoms with van der Waals surface area (Å²) < 4.78 is 11.4. The van der Waals surface area contributed by atoms with Crippen molar-refractivity contribution in [3.63, 3.8) is 0 Å². The van der Waals surface area contributed by atoms with E-state index in [0.29, 0.717) is 16.6 Å². The van der Waals surface area contributed by atoms with E-state index in [9.17, 15) is 4.79 Å². The van der Waals surface area contributed by atoms with Gasteiger partial charge in [-0.1, -0.05) is 42.5 Å². The summed E-state index contributed by atoms with van der Waals surface area (Å²) >= 11 is 1.55. The molecule has 1 aromatic heterocycles. The van der Waals surface area contributed by atoms with Crippen LogP contribution in [0.3, 0.4) is 0 Å². The molecule has 29 heavy (non-hydrogen) atoms.